The smallest absolute Gasteiger partial charge is 0.338 e. The molecule has 0 aliphatic carbocycles. The summed E-state index contributed by atoms with van der Waals surface area (Å²) in [6, 6.07) is 7.09. The third-order valence-electron chi connectivity index (χ3n) is 2.12. The number of halogens is 1. The summed E-state index contributed by atoms with van der Waals surface area (Å²) in [5.41, 5.74) is 1.42. The molecular weight excluding hydrogens is 316 g/mol. The second kappa shape index (κ2) is 5.97. The molecule has 0 amide bonds. The summed E-state index contributed by atoms with van der Waals surface area (Å²) in [5, 5.41) is 3.95. The second-order valence-corrected chi connectivity index (χ2v) is 5.80. The minimum atomic E-state index is -0.305. The van der Waals surface area contributed by atoms with Crippen LogP contribution in [0.4, 0.5) is 10.8 Å². The molecule has 6 heteroatoms. The lowest BCUT2D eigenvalue weighted by molar-refractivity contribution is 0.0526. The van der Waals surface area contributed by atoms with Crippen LogP contribution in [-0.2, 0) is 4.74 Å². The number of rotatable bonds is 4. The predicted octanol–water partition coefficient (Wildman–Crippen LogP) is 3.83. The molecule has 0 fully saturated rings. The van der Waals surface area contributed by atoms with E-state index in [1.807, 2.05) is 12.1 Å². The summed E-state index contributed by atoms with van der Waals surface area (Å²) < 4.78 is 5.88. The summed E-state index contributed by atoms with van der Waals surface area (Å²) in [6.45, 7) is 2.17. The van der Waals surface area contributed by atoms with Crippen molar-refractivity contribution in [2.45, 2.75) is 6.92 Å². The van der Waals surface area contributed by atoms with Crippen molar-refractivity contribution in [1.82, 2.24) is 4.98 Å². The van der Waals surface area contributed by atoms with E-state index in [4.69, 9.17) is 4.74 Å². The second-order valence-electron chi connectivity index (χ2n) is 3.39. The Labute approximate surface area is 117 Å². The Hall–Kier alpha value is -1.40. The van der Waals surface area contributed by atoms with Crippen LogP contribution in [0.25, 0.3) is 0 Å². The summed E-state index contributed by atoms with van der Waals surface area (Å²) in [4.78, 5) is 15.6. The van der Waals surface area contributed by atoms with Gasteiger partial charge in [-0.2, -0.15) is 0 Å². The Kier molecular flexibility index (Phi) is 4.33. The lowest BCUT2D eigenvalue weighted by atomic mass is 10.2. The largest absolute Gasteiger partial charge is 0.462 e. The summed E-state index contributed by atoms with van der Waals surface area (Å²) in [5.74, 6) is -0.305. The van der Waals surface area contributed by atoms with E-state index in [1.165, 1.54) is 11.3 Å². The lowest BCUT2D eigenvalue weighted by Crippen LogP contribution is -2.04. The monoisotopic (exact) mass is 326 g/mol. The molecule has 18 heavy (non-hydrogen) atoms. The van der Waals surface area contributed by atoms with Crippen LogP contribution < -0.4 is 5.32 Å². The maximum Gasteiger partial charge on any atom is 0.338 e. The molecule has 1 aromatic carbocycles. The van der Waals surface area contributed by atoms with Crippen molar-refractivity contribution in [3.05, 3.63) is 39.8 Å². The SMILES string of the molecule is CCOC(=O)c1ccc(Nc2ncc(Br)s2)cc1. The van der Waals surface area contributed by atoms with Crippen LogP contribution in [0.5, 0.6) is 0 Å². The van der Waals surface area contributed by atoms with Gasteiger partial charge in [0.2, 0.25) is 0 Å². The van der Waals surface area contributed by atoms with Crippen molar-refractivity contribution in [2.24, 2.45) is 0 Å². The molecule has 2 aromatic rings. The first-order valence-corrected chi connectivity index (χ1v) is 6.95. The zero-order valence-electron chi connectivity index (χ0n) is 9.64. The topological polar surface area (TPSA) is 51.2 Å². The summed E-state index contributed by atoms with van der Waals surface area (Å²) in [7, 11) is 0. The van der Waals surface area contributed by atoms with E-state index >= 15 is 0 Å². The molecule has 0 atom stereocenters. The fourth-order valence-electron chi connectivity index (χ4n) is 1.34. The number of nitrogens with one attached hydrogen (secondary N) is 1. The van der Waals surface area contributed by atoms with Gasteiger partial charge in [0, 0.05) is 5.69 Å². The minimum absolute atomic E-state index is 0.305. The van der Waals surface area contributed by atoms with E-state index in [2.05, 4.69) is 26.2 Å². The molecule has 0 saturated carbocycles. The molecule has 2 rings (SSSR count). The number of esters is 1. The average Bonchev–Trinajstić information content (AvgIpc) is 2.76. The quantitative estimate of drug-likeness (QED) is 0.867. The molecule has 0 bridgehead atoms. The molecular formula is C12H11BrN2O2S. The highest BCUT2D eigenvalue weighted by Crippen LogP contribution is 2.26. The molecule has 0 aliphatic rings. The number of anilines is 2. The third kappa shape index (κ3) is 3.30. The van der Waals surface area contributed by atoms with Crippen molar-refractivity contribution in [3.8, 4) is 0 Å². The van der Waals surface area contributed by atoms with Crippen LogP contribution in [0.2, 0.25) is 0 Å². The van der Waals surface area contributed by atoms with E-state index < -0.39 is 0 Å². The molecule has 4 nitrogen and oxygen atoms in total. The van der Waals surface area contributed by atoms with Gasteiger partial charge in [-0.1, -0.05) is 11.3 Å². The molecule has 1 aromatic heterocycles. The van der Waals surface area contributed by atoms with Crippen LogP contribution in [-0.4, -0.2) is 17.6 Å². The first-order chi connectivity index (χ1) is 8.69. The van der Waals surface area contributed by atoms with Crippen molar-refractivity contribution >= 4 is 44.1 Å². The zero-order chi connectivity index (χ0) is 13.0. The maximum atomic E-state index is 11.5. The van der Waals surface area contributed by atoms with Crippen molar-refractivity contribution in [3.63, 3.8) is 0 Å². The van der Waals surface area contributed by atoms with Gasteiger partial charge in [-0.3, -0.25) is 0 Å². The average molecular weight is 327 g/mol. The van der Waals surface area contributed by atoms with Crippen LogP contribution in [0.3, 0.4) is 0 Å². The fraction of sp³-hybridized carbons (Fsp3) is 0.167. The third-order valence-corrected chi connectivity index (χ3v) is 3.52. The number of ether oxygens (including phenoxy) is 1. The lowest BCUT2D eigenvalue weighted by Gasteiger charge is -2.04. The van der Waals surface area contributed by atoms with Crippen LogP contribution in [0, 0.1) is 0 Å². The zero-order valence-corrected chi connectivity index (χ0v) is 12.0. The number of carbonyl (C=O) groups is 1. The number of aromatic nitrogens is 1. The van der Waals surface area contributed by atoms with Crippen molar-refractivity contribution in [2.75, 3.05) is 11.9 Å². The van der Waals surface area contributed by atoms with E-state index in [0.717, 1.165) is 14.6 Å². The van der Waals surface area contributed by atoms with Crippen molar-refractivity contribution in [1.29, 1.82) is 0 Å². The molecule has 0 unspecified atom stereocenters. The number of benzene rings is 1. The van der Waals surface area contributed by atoms with Gasteiger partial charge < -0.3 is 10.1 Å². The van der Waals surface area contributed by atoms with E-state index in [1.54, 1.807) is 25.3 Å². The van der Waals surface area contributed by atoms with Crippen molar-refractivity contribution < 1.29 is 9.53 Å². The predicted molar refractivity (Wildman–Crippen MR) is 75.5 cm³/mol. The van der Waals surface area contributed by atoms with Gasteiger partial charge in [0.25, 0.3) is 0 Å². The molecule has 0 radical (unpaired) electrons. The number of thiazole rings is 1. The van der Waals surface area contributed by atoms with Gasteiger partial charge in [-0.05, 0) is 47.1 Å². The van der Waals surface area contributed by atoms with Crippen LogP contribution in [0.1, 0.15) is 17.3 Å². The van der Waals surface area contributed by atoms with Gasteiger partial charge in [0.1, 0.15) is 0 Å². The highest BCUT2D eigenvalue weighted by molar-refractivity contribution is 9.11. The number of hydrogen-bond acceptors (Lipinski definition) is 5. The standard InChI is InChI=1S/C12H11BrN2O2S/c1-2-17-11(16)8-3-5-9(6-4-8)15-12-14-7-10(13)18-12/h3-7H,2H2,1H3,(H,14,15). The molecule has 0 saturated heterocycles. The first-order valence-electron chi connectivity index (χ1n) is 5.34. The van der Waals surface area contributed by atoms with Crippen LogP contribution in [0.15, 0.2) is 34.2 Å². The van der Waals surface area contributed by atoms with Gasteiger partial charge in [-0.15, -0.1) is 0 Å². The van der Waals surface area contributed by atoms with Gasteiger partial charge in [0.05, 0.1) is 22.2 Å². The summed E-state index contributed by atoms with van der Waals surface area (Å²) >= 11 is 4.85. The Balaban J connectivity index is 2.05. The molecule has 1 heterocycles. The van der Waals surface area contributed by atoms with Crippen LogP contribution >= 0.6 is 27.3 Å². The molecule has 0 aliphatic heterocycles. The van der Waals surface area contributed by atoms with Gasteiger partial charge >= 0.3 is 5.97 Å². The Morgan fingerprint density at radius 2 is 2.17 bits per heavy atom. The Morgan fingerprint density at radius 3 is 2.72 bits per heavy atom. The van der Waals surface area contributed by atoms with E-state index in [-0.39, 0.29) is 5.97 Å². The molecule has 94 valence electrons. The number of nitrogens with zero attached hydrogens (tertiary/aromatic N) is 1. The maximum absolute atomic E-state index is 11.5. The number of hydrogen-bond donors (Lipinski definition) is 1. The van der Waals surface area contributed by atoms with Gasteiger partial charge in [-0.25, -0.2) is 9.78 Å². The molecule has 0 spiro atoms. The van der Waals surface area contributed by atoms with E-state index in [0.29, 0.717) is 12.2 Å². The normalized spacial score (nSPS) is 10.1. The fourth-order valence-corrected chi connectivity index (χ4v) is 2.47. The van der Waals surface area contributed by atoms with Gasteiger partial charge in [0.15, 0.2) is 5.13 Å². The highest BCUT2D eigenvalue weighted by Gasteiger charge is 2.06. The highest BCUT2D eigenvalue weighted by atomic mass is 79.9. The minimum Gasteiger partial charge on any atom is -0.462 e. The Morgan fingerprint density at radius 1 is 1.44 bits per heavy atom. The summed E-state index contributed by atoms with van der Waals surface area (Å²) in [6.07, 6.45) is 1.74. The number of carbonyl (C=O) groups excluding carboxylic acids is 1. The first kappa shape index (κ1) is 13.0. The Bertz CT molecular complexity index is 539. The molecule has 1 N–H and O–H groups in total. The van der Waals surface area contributed by atoms with E-state index in [9.17, 15) is 4.79 Å².